The minimum Gasteiger partial charge on any atom is -0.332 e. The summed E-state index contributed by atoms with van der Waals surface area (Å²) in [5.74, 6) is 0. The van der Waals surface area contributed by atoms with Crippen molar-refractivity contribution in [2.45, 2.75) is 12.8 Å². The predicted molar refractivity (Wildman–Crippen MR) is 52.0 cm³/mol. The van der Waals surface area contributed by atoms with E-state index in [9.17, 15) is 4.79 Å². The second kappa shape index (κ2) is 3.44. The van der Waals surface area contributed by atoms with Crippen LogP contribution in [0.4, 0.5) is 0 Å². The molecule has 0 atom stereocenters. The van der Waals surface area contributed by atoms with E-state index in [2.05, 4.69) is 17.5 Å². The summed E-state index contributed by atoms with van der Waals surface area (Å²) in [6.07, 6.45) is 4.88. The van der Waals surface area contributed by atoms with E-state index in [0.29, 0.717) is 0 Å². The van der Waals surface area contributed by atoms with Crippen molar-refractivity contribution >= 4 is 18.2 Å². The molecule has 1 aliphatic carbocycles. The first-order chi connectivity index (χ1) is 6.42. The van der Waals surface area contributed by atoms with Crippen molar-refractivity contribution in [2.75, 3.05) is 0 Å². The van der Waals surface area contributed by atoms with Gasteiger partial charge in [0.1, 0.15) is 0 Å². The molecule has 0 heterocycles. The van der Waals surface area contributed by atoms with Gasteiger partial charge in [0.15, 0.2) is 0 Å². The number of carbonyl (C=O) groups is 1. The highest BCUT2D eigenvalue weighted by Crippen LogP contribution is 2.02. The molecule has 0 bridgehead atoms. The Kier molecular flexibility index (Phi) is 2.13. The van der Waals surface area contributed by atoms with Gasteiger partial charge in [-0.25, -0.2) is 0 Å². The minimum atomic E-state index is 0.747. The molecule has 13 heavy (non-hydrogen) atoms. The zero-order valence-corrected chi connectivity index (χ0v) is 7.29. The Hall–Kier alpha value is -1.57. The third kappa shape index (κ3) is 1.47. The SMILES string of the molecule is O=CNC1=c2ccccc2=CCC1. The lowest BCUT2D eigenvalue weighted by Gasteiger charge is -2.08. The van der Waals surface area contributed by atoms with E-state index >= 15 is 0 Å². The minimum absolute atomic E-state index is 0.747. The average Bonchev–Trinajstić information content (AvgIpc) is 2.19. The van der Waals surface area contributed by atoms with Gasteiger partial charge in [0.25, 0.3) is 0 Å². The number of carbonyl (C=O) groups excluding carboxylic acids is 1. The Morgan fingerprint density at radius 2 is 2.15 bits per heavy atom. The lowest BCUT2D eigenvalue weighted by atomic mass is 10.1. The smallest absolute Gasteiger partial charge is 0.211 e. The fraction of sp³-hybridized carbons (Fsp3) is 0.182. The van der Waals surface area contributed by atoms with Crippen molar-refractivity contribution in [3.05, 3.63) is 34.7 Å². The zero-order chi connectivity index (χ0) is 9.10. The van der Waals surface area contributed by atoms with Crippen molar-refractivity contribution in [3.63, 3.8) is 0 Å². The summed E-state index contributed by atoms with van der Waals surface area (Å²) in [6.45, 7) is 0. The maximum absolute atomic E-state index is 10.3. The van der Waals surface area contributed by atoms with E-state index in [1.807, 2.05) is 18.2 Å². The molecule has 0 spiro atoms. The fourth-order valence-corrected chi connectivity index (χ4v) is 1.68. The van der Waals surface area contributed by atoms with Gasteiger partial charge in [0.05, 0.1) is 0 Å². The molecule has 0 fully saturated rings. The van der Waals surface area contributed by atoms with Crippen LogP contribution in [0.15, 0.2) is 24.3 Å². The monoisotopic (exact) mass is 173 g/mol. The number of fused-ring (bicyclic) bond motifs is 1. The van der Waals surface area contributed by atoms with Crippen LogP contribution in [-0.4, -0.2) is 6.41 Å². The Balaban J connectivity index is 2.68. The van der Waals surface area contributed by atoms with E-state index in [1.165, 1.54) is 5.22 Å². The molecule has 1 N–H and O–H groups in total. The number of benzene rings is 1. The molecule has 1 amide bonds. The Labute approximate surface area is 76.6 Å². The van der Waals surface area contributed by atoms with Crippen LogP contribution in [0.1, 0.15) is 12.8 Å². The van der Waals surface area contributed by atoms with Gasteiger partial charge in [-0.1, -0.05) is 30.3 Å². The van der Waals surface area contributed by atoms with Gasteiger partial charge in [-0.2, -0.15) is 0 Å². The fourth-order valence-electron chi connectivity index (χ4n) is 1.68. The third-order valence-electron chi connectivity index (χ3n) is 2.28. The molecule has 0 radical (unpaired) electrons. The molecule has 0 saturated carbocycles. The molecule has 0 saturated heterocycles. The molecule has 2 heteroatoms. The molecule has 0 aliphatic heterocycles. The molecule has 66 valence electrons. The topological polar surface area (TPSA) is 29.1 Å². The second-order valence-corrected chi connectivity index (χ2v) is 3.07. The summed E-state index contributed by atoms with van der Waals surface area (Å²) in [4.78, 5) is 10.3. The van der Waals surface area contributed by atoms with Crippen LogP contribution in [0.3, 0.4) is 0 Å². The molecule has 1 aromatic rings. The first-order valence-electron chi connectivity index (χ1n) is 4.40. The quantitative estimate of drug-likeness (QED) is 0.632. The van der Waals surface area contributed by atoms with Gasteiger partial charge < -0.3 is 5.32 Å². The number of rotatable bonds is 2. The predicted octanol–water partition coefficient (Wildman–Crippen LogP) is 0.115. The lowest BCUT2D eigenvalue weighted by Crippen LogP contribution is -2.33. The van der Waals surface area contributed by atoms with Crippen molar-refractivity contribution in [1.29, 1.82) is 0 Å². The third-order valence-corrected chi connectivity index (χ3v) is 2.28. The highest BCUT2D eigenvalue weighted by molar-refractivity contribution is 5.64. The molecule has 1 aliphatic rings. The van der Waals surface area contributed by atoms with E-state index in [4.69, 9.17) is 0 Å². The van der Waals surface area contributed by atoms with Gasteiger partial charge in [0.2, 0.25) is 6.41 Å². The number of hydrogen-bond donors (Lipinski definition) is 1. The molecule has 1 aromatic carbocycles. The van der Waals surface area contributed by atoms with E-state index in [0.717, 1.165) is 30.2 Å². The van der Waals surface area contributed by atoms with Gasteiger partial charge >= 0.3 is 0 Å². The largest absolute Gasteiger partial charge is 0.332 e. The summed E-state index contributed by atoms with van der Waals surface area (Å²) < 4.78 is 0. The summed E-state index contributed by atoms with van der Waals surface area (Å²) in [5, 5.41) is 5.13. The molecule has 2 rings (SSSR count). The second-order valence-electron chi connectivity index (χ2n) is 3.07. The summed E-state index contributed by atoms with van der Waals surface area (Å²) in [5.41, 5.74) is 1.04. The van der Waals surface area contributed by atoms with Crippen LogP contribution in [0.2, 0.25) is 0 Å². The van der Waals surface area contributed by atoms with Crippen LogP contribution in [0.5, 0.6) is 0 Å². The number of amides is 1. The summed E-state index contributed by atoms with van der Waals surface area (Å²) in [6, 6.07) is 8.11. The molecular weight excluding hydrogens is 162 g/mol. The van der Waals surface area contributed by atoms with Gasteiger partial charge in [-0.15, -0.1) is 0 Å². The van der Waals surface area contributed by atoms with Crippen LogP contribution in [0, 0.1) is 0 Å². The zero-order valence-electron chi connectivity index (χ0n) is 7.29. The van der Waals surface area contributed by atoms with E-state index in [-0.39, 0.29) is 0 Å². The van der Waals surface area contributed by atoms with Gasteiger partial charge in [0, 0.05) is 10.9 Å². The van der Waals surface area contributed by atoms with Crippen LogP contribution >= 0.6 is 0 Å². The van der Waals surface area contributed by atoms with Crippen molar-refractivity contribution in [2.24, 2.45) is 0 Å². The highest BCUT2D eigenvalue weighted by atomic mass is 16.1. The Morgan fingerprint density at radius 3 is 3.00 bits per heavy atom. The molecule has 0 aromatic heterocycles. The summed E-state index contributed by atoms with van der Waals surface area (Å²) >= 11 is 0. The molecular formula is C11H11NO. The van der Waals surface area contributed by atoms with Crippen molar-refractivity contribution in [1.82, 2.24) is 5.32 Å². The van der Waals surface area contributed by atoms with Crippen molar-refractivity contribution < 1.29 is 4.79 Å². The van der Waals surface area contributed by atoms with E-state index in [1.54, 1.807) is 0 Å². The number of hydrogen-bond acceptors (Lipinski definition) is 1. The normalized spacial score (nSPS) is 14.3. The average molecular weight is 173 g/mol. The summed E-state index contributed by atoms with van der Waals surface area (Å²) in [7, 11) is 0. The lowest BCUT2D eigenvalue weighted by molar-refractivity contribution is -0.108. The Bertz CT molecular complexity index is 434. The van der Waals surface area contributed by atoms with Gasteiger partial charge in [-0.05, 0) is 18.1 Å². The van der Waals surface area contributed by atoms with Gasteiger partial charge in [-0.3, -0.25) is 4.79 Å². The van der Waals surface area contributed by atoms with Crippen LogP contribution in [-0.2, 0) is 4.79 Å². The van der Waals surface area contributed by atoms with Crippen molar-refractivity contribution in [3.8, 4) is 0 Å². The first kappa shape index (κ1) is 8.05. The number of nitrogens with one attached hydrogen (secondary N) is 1. The maximum atomic E-state index is 10.3. The first-order valence-corrected chi connectivity index (χ1v) is 4.40. The molecule has 0 unspecified atom stereocenters. The highest BCUT2D eigenvalue weighted by Gasteiger charge is 2.01. The van der Waals surface area contributed by atoms with E-state index < -0.39 is 0 Å². The standard InChI is InChI=1S/C11H11NO/c13-8-12-11-7-3-5-9-4-1-2-6-10(9)11/h1-2,4-6,8H,3,7H2,(H,12,13). The van der Waals surface area contributed by atoms with Crippen LogP contribution < -0.4 is 15.8 Å². The maximum Gasteiger partial charge on any atom is 0.211 e. The molecule has 2 nitrogen and oxygen atoms in total. The van der Waals surface area contributed by atoms with Crippen LogP contribution in [0.25, 0.3) is 11.8 Å². The Morgan fingerprint density at radius 1 is 1.31 bits per heavy atom.